The van der Waals surface area contributed by atoms with Gasteiger partial charge in [0.2, 0.25) is 5.95 Å². The molecule has 3 heterocycles. The lowest BCUT2D eigenvalue weighted by molar-refractivity contribution is 0.404. The van der Waals surface area contributed by atoms with Crippen LogP contribution >= 0.6 is 0 Å². The van der Waals surface area contributed by atoms with Gasteiger partial charge in [0, 0.05) is 53.6 Å². The highest BCUT2D eigenvalue weighted by Crippen LogP contribution is 2.28. The molecule has 0 bridgehead atoms. The van der Waals surface area contributed by atoms with Crippen molar-refractivity contribution < 1.29 is 8.94 Å². The maximum Gasteiger partial charge on any atom is 0.260 e. The van der Waals surface area contributed by atoms with Crippen LogP contribution in [0, 0.1) is 12.7 Å². The molecule has 2 aromatic heterocycles. The van der Waals surface area contributed by atoms with E-state index in [-0.39, 0.29) is 36.0 Å². The van der Waals surface area contributed by atoms with Crippen LogP contribution < -0.4 is 21.1 Å². The summed E-state index contributed by atoms with van der Waals surface area (Å²) in [7, 11) is 0. The van der Waals surface area contributed by atoms with Gasteiger partial charge in [0.05, 0.1) is 12.2 Å². The summed E-state index contributed by atoms with van der Waals surface area (Å²) in [5.41, 5.74) is 4.35. The lowest BCUT2D eigenvalue weighted by Gasteiger charge is -2.37. The van der Waals surface area contributed by atoms with Crippen molar-refractivity contribution >= 4 is 39.5 Å². The minimum absolute atomic E-state index is 0.173. The second-order valence-electron chi connectivity index (χ2n) is 11.5. The molecule has 1 unspecified atom stereocenters. The number of fused-ring (bicyclic) bond motifs is 1. The normalized spacial score (nSPS) is 17.5. The van der Waals surface area contributed by atoms with Crippen molar-refractivity contribution in [1.82, 2.24) is 19.9 Å². The zero-order valence-electron chi connectivity index (χ0n) is 25.2. The summed E-state index contributed by atoms with van der Waals surface area (Å²) in [6.07, 6.45) is 3.29. The summed E-state index contributed by atoms with van der Waals surface area (Å²) in [6, 6.07) is 22.5. The van der Waals surface area contributed by atoms with Gasteiger partial charge in [-0.1, -0.05) is 42.5 Å². The number of aryl methyl sites for hydroxylation is 1. The van der Waals surface area contributed by atoms with Gasteiger partial charge in [-0.2, -0.15) is 4.98 Å². The van der Waals surface area contributed by atoms with E-state index in [1.807, 2.05) is 67.6 Å². The van der Waals surface area contributed by atoms with Gasteiger partial charge < -0.3 is 20.1 Å². The summed E-state index contributed by atoms with van der Waals surface area (Å²) >= 11 is -1.24. The van der Waals surface area contributed by atoms with Gasteiger partial charge in [-0.25, -0.2) is 9.37 Å². The van der Waals surface area contributed by atoms with E-state index in [1.54, 1.807) is 23.1 Å². The first-order chi connectivity index (χ1) is 21.2. The molecule has 0 aliphatic carbocycles. The van der Waals surface area contributed by atoms with Gasteiger partial charge in [-0.05, 0) is 73.4 Å². The van der Waals surface area contributed by atoms with E-state index < -0.39 is 11.2 Å². The van der Waals surface area contributed by atoms with Crippen molar-refractivity contribution in [3.05, 3.63) is 106 Å². The monoisotopic (exact) mass is 610 g/mol. The van der Waals surface area contributed by atoms with Crippen molar-refractivity contribution in [3.63, 3.8) is 0 Å². The van der Waals surface area contributed by atoms with E-state index in [0.717, 1.165) is 29.8 Å². The van der Waals surface area contributed by atoms with Crippen molar-refractivity contribution in [2.75, 3.05) is 29.6 Å². The molecule has 1 saturated heterocycles. The third kappa shape index (κ3) is 6.06. The van der Waals surface area contributed by atoms with Crippen LogP contribution in [0.4, 0.5) is 21.7 Å². The molecule has 6 rings (SSSR count). The molecular formula is C34H35FN6O2S. The molecule has 1 aliphatic rings. The van der Waals surface area contributed by atoms with Gasteiger partial charge >= 0.3 is 0 Å². The number of piperazine rings is 1. The van der Waals surface area contributed by atoms with Gasteiger partial charge in [0.15, 0.2) is 4.90 Å². The highest BCUT2D eigenvalue weighted by atomic mass is 32.2. The summed E-state index contributed by atoms with van der Waals surface area (Å²) in [5.74, 6) is -0.0979. The average molecular weight is 611 g/mol. The van der Waals surface area contributed by atoms with Gasteiger partial charge in [0.1, 0.15) is 17.7 Å². The van der Waals surface area contributed by atoms with E-state index in [9.17, 15) is 9.35 Å². The van der Waals surface area contributed by atoms with Crippen LogP contribution in [0.25, 0.3) is 22.2 Å². The summed E-state index contributed by atoms with van der Waals surface area (Å²) in [4.78, 5) is 26.1. The molecule has 5 aromatic rings. The third-order valence-electron chi connectivity index (χ3n) is 7.98. The van der Waals surface area contributed by atoms with E-state index in [4.69, 9.17) is 4.98 Å². The summed E-state index contributed by atoms with van der Waals surface area (Å²) < 4.78 is 29.5. The van der Waals surface area contributed by atoms with Gasteiger partial charge in [0.25, 0.3) is 5.56 Å². The zero-order chi connectivity index (χ0) is 31.0. The van der Waals surface area contributed by atoms with Crippen LogP contribution in [0.2, 0.25) is 0 Å². The quantitative estimate of drug-likeness (QED) is 0.231. The Balaban J connectivity index is 1.40. The average Bonchev–Trinajstić information content (AvgIpc) is 2.99. The third-order valence-corrected chi connectivity index (χ3v) is 8.99. The van der Waals surface area contributed by atoms with Crippen LogP contribution in [0.5, 0.6) is 0 Å². The number of rotatable bonds is 7. The Kier molecular flexibility index (Phi) is 8.40. The molecule has 3 aromatic carbocycles. The Morgan fingerprint density at radius 3 is 2.48 bits per heavy atom. The maximum atomic E-state index is 15.3. The Morgan fingerprint density at radius 1 is 1.02 bits per heavy atom. The minimum atomic E-state index is -1.24. The summed E-state index contributed by atoms with van der Waals surface area (Å²) in [5, 5.41) is 7.27. The molecule has 0 radical (unpaired) electrons. The summed E-state index contributed by atoms with van der Waals surface area (Å²) in [6.45, 7) is 7.77. The number of halogens is 1. The van der Waals surface area contributed by atoms with Crippen LogP contribution in [-0.2, 0) is 17.7 Å². The topological polar surface area (TPSA) is 98.1 Å². The highest BCUT2D eigenvalue weighted by molar-refractivity contribution is 7.90. The number of pyridine rings is 1. The Labute approximate surface area is 259 Å². The smallest absolute Gasteiger partial charge is 0.260 e. The molecule has 226 valence electrons. The van der Waals surface area contributed by atoms with E-state index >= 15 is 4.39 Å². The van der Waals surface area contributed by atoms with Crippen molar-refractivity contribution in [1.29, 1.82) is 0 Å². The zero-order valence-corrected chi connectivity index (χ0v) is 26.0. The van der Waals surface area contributed by atoms with E-state index in [2.05, 4.69) is 34.4 Å². The molecule has 10 heteroatoms. The fraction of sp³-hybridized carbons (Fsp3) is 0.265. The second kappa shape index (κ2) is 12.4. The largest absolute Gasteiger partial charge is 0.612 e. The Morgan fingerprint density at radius 2 is 1.75 bits per heavy atom. The molecule has 0 saturated carbocycles. The number of benzene rings is 3. The molecule has 8 nitrogen and oxygen atoms in total. The van der Waals surface area contributed by atoms with Gasteiger partial charge in [-0.3, -0.25) is 9.36 Å². The number of hydrogen-bond donors (Lipinski definition) is 2. The predicted octanol–water partition coefficient (Wildman–Crippen LogP) is 5.62. The molecule has 0 amide bonds. The van der Waals surface area contributed by atoms with Crippen LogP contribution in [-0.4, -0.2) is 50.5 Å². The molecule has 3 atom stereocenters. The lowest BCUT2D eigenvalue weighted by atomic mass is 10.0. The number of anilines is 3. The lowest BCUT2D eigenvalue weighted by Crippen LogP contribution is -2.54. The molecule has 1 fully saturated rings. The first kappa shape index (κ1) is 29.8. The highest BCUT2D eigenvalue weighted by Gasteiger charge is 2.23. The molecule has 1 aliphatic heterocycles. The molecular weight excluding hydrogens is 575 g/mol. The SMILES string of the molecule is Cc1ccccc1-c1cc2cnc(Nc3ccc(N4C[C@@H](C)N[C@@H](C)C4)c(F)c3)nc2n(Cc2ccccc2[S+](C)[O-])c1=O. The van der Waals surface area contributed by atoms with Crippen LogP contribution in [0.3, 0.4) is 0 Å². The van der Waals surface area contributed by atoms with Crippen molar-refractivity contribution in [2.45, 2.75) is 44.3 Å². The first-order valence-corrected chi connectivity index (χ1v) is 16.2. The first-order valence-electron chi connectivity index (χ1n) is 14.6. The number of aromatic nitrogens is 3. The number of nitrogens with zero attached hydrogens (tertiary/aromatic N) is 4. The molecule has 44 heavy (non-hydrogen) atoms. The number of nitrogens with one attached hydrogen (secondary N) is 2. The number of hydrogen-bond acceptors (Lipinski definition) is 7. The fourth-order valence-corrected chi connectivity index (χ4v) is 6.78. The van der Waals surface area contributed by atoms with E-state index in [1.165, 1.54) is 6.07 Å². The Hall–Kier alpha value is -4.25. The fourth-order valence-electron chi connectivity index (χ4n) is 6.01. The predicted molar refractivity (Wildman–Crippen MR) is 176 cm³/mol. The van der Waals surface area contributed by atoms with E-state index in [0.29, 0.717) is 32.9 Å². The van der Waals surface area contributed by atoms with Crippen LogP contribution in [0.15, 0.2) is 88.7 Å². The minimum Gasteiger partial charge on any atom is -0.612 e. The molecule has 2 N–H and O–H groups in total. The van der Waals surface area contributed by atoms with Crippen LogP contribution in [0.1, 0.15) is 25.0 Å². The van der Waals surface area contributed by atoms with Gasteiger partial charge in [-0.15, -0.1) is 0 Å². The Bertz CT molecular complexity index is 1880. The molecule has 0 spiro atoms. The second-order valence-corrected chi connectivity index (χ2v) is 12.8. The maximum absolute atomic E-state index is 15.3. The van der Waals surface area contributed by atoms with Crippen molar-refractivity contribution in [2.24, 2.45) is 0 Å². The standard InChI is InChI=1S/C34H35FN6O2S/c1-21-9-5-7-11-27(21)28-15-25-17-36-34(38-26-13-14-30(29(35)16-26)40-18-22(2)37-23(3)19-40)39-32(25)41(33(28)42)20-24-10-6-8-12-31(24)44(4)43/h5-17,22-23,37H,18-20H2,1-4H3,(H,36,38,39)/t22-,23+,44?. The van der Waals surface area contributed by atoms with Crippen molar-refractivity contribution in [3.8, 4) is 11.1 Å².